The summed E-state index contributed by atoms with van der Waals surface area (Å²) in [5.41, 5.74) is 0.880. The molecule has 1 heterocycles. The van der Waals surface area contributed by atoms with Crippen molar-refractivity contribution >= 4 is 0 Å². The van der Waals surface area contributed by atoms with Gasteiger partial charge in [0.1, 0.15) is 5.82 Å². The van der Waals surface area contributed by atoms with E-state index in [1.165, 1.54) is 0 Å². The van der Waals surface area contributed by atoms with Crippen LogP contribution in [0.2, 0.25) is 0 Å². The molecule has 0 amide bonds. The van der Waals surface area contributed by atoms with Crippen molar-refractivity contribution in [3.8, 4) is 0 Å². The molecule has 0 spiro atoms. The molecule has 1 fully saturated rings. The topological polar surface area (TPSA) is 37.8 Å². The van der Waals surface area contributed by atoms with Crippen LogP contribution in [0.15, 0.2) is 12.3 Å². The zero-order chi connectivity index (χ0) is 13.9. The summed E-state index contributed by atoms with van der Waals surface area (Å²) in [5.74, 6) is -0.410. The van der Waals surface area contributed by atoms with Crippen LogP contribution in [0.25, 0.3) is 0 Å². The number of rotatable bonds is 3. The number of alkyl halides is 3. The molecule has 1 N–H and O–H groups in total. The van der Waals surface area contributed by atoms with Crippen LogP contribution < -0.4 is 5.32 Å². The SMILES string of the molecule is Cc1nccc(CNC2CCC(C(F)(F)F)CC2)n1. The molecule has 0 aromatic carbocycles. The first-order valence-electron chi connectivity index (χ1n) is 6.54. The van der Waals surface area contributed by atoms with Gasteiger partial charge in [-0.2, -0.15) is 13.2 Å². The number of hydrogen-bond donors (Lipinski definition) is 1. The van der Waals surface area contributed by atoms with E-state index in [1.54, 1.807) is 6.20 Å². The minimum absolute atomic E-state index is 0.161. The Labute approximate surface area is 110 Å². The van der Waals surface area contributed by atoms with Gasteiger partial charge in [0.25, 0.3) is 0 Å². The van der Waals surface area contributed by atoms with Crippen LogP contribution in [0.1, 0.15) is 37.2 Å². The monoisotopic (exact) mass is 273 g/mol. The normalized spacial score (nSPS) is 24.4. The van der Waals surface area contributed by atoms with Crippen molar-refractivity contribution in [2.24, 2.45) is 5.92 Å². The smallest absolute Gasteiger partial charge is 0.308 e. The van der Waals surface area contributed by atoms with Crippen molar-refractivity contribution in [3.63, 3.8) is 0 Å². The highest BCUT2D eigenvalue weighted by Crippen LogP contribution is 2.37. The van der Waals surface area contributed by atoms with E-state index >= 15 is 0 Å². The first-order chi connectivity index (χ1) is 8.95. The summed E-state index contributed by atoms with van der Waals surface area (Å²) >= 11 is 0. The summed E-state index contributed by atoms with van der Waals surface area (Å²) in [7, 11) is 0. The molecule has 2 rings (SSSR count). The van der Waals surface area contributed by atoms with Gasteiger partial charge in [0.2, 0.25) is 0 Å². The zero-order valence-electron chi connectivity index (χ0n) is 10.9. The van der Waals surface area contributed by atoms with E-state index in [0.29, 0.717) is 25.2 Å². The van der Waals surface area contributed by atoms with E-state index in [2.05, 4.69) is 15.3 Å². The fourth-order valence-electron chi connectivity index (χ4n) is 2.48. The molecule has 106 valence electrons. The highest BCUT2D eigenvalue weighted by molar-refractivity contribution is 5.01. The van der Waals surface area contributed by atoms with Gasteiger partial charge in [-0.15, -0.1) is 0 Å². The molecule has 0 atom stereocenters. The Hall–Kier alpha value is -1.17. The summed E-state index contributed by atoms with van der Waals surface area (Å²) < 4.78 is 37.6. The maximum Gasteiger partial charge on any atom is 0.391 e. The van der Waals surface area contributed by atoms with Crippen molar-refractivity contribution in [2.75, 3.05) is 0 Å². The average molecular weight is 273 g/mol. The lowest BCUT2D eigenvalue weighted by molar-refractivity contribution is -0.182. The minimum Gasteiger partial charge on any atom is -0.308 e. The number of halogens is 3. The summed E-state index contributed by atoms with van der Waals surface area (Å²) in [6, 6.07) is 1.98. The predicted molar refractivity (Wildman–Crippen MR) is 65.4 cm³/mol. The Morgan fingerprint density at radius 3 is 2.53 bits per heavy atom. The van der Waals surface area contributed by atoms with Crippen molar-refractivity contribution < 1.29 is 13.2 Å². The molecule has 0 unspecified atom stereocenters. The molecule has 19 heavy (non-hydrogen) atoms. The molecule has 1 aromatic heterocycles. The van der Waals surface area contributed by atoms with Gasteiger partial charge < -0.3 is 5.32 Å². The number of nitrogens with zero attached hydrogens (tertiary/aromatic N) is 2. The van der Waals surface area contributed by atoms with Crippen molar-refractivity contribution in [3.05, 3.63) is 23.8 Å². The molecule has 1 saturated carbocycles. The number of aromatic nitrogens is 2. The lowest BCUT2D eigenvalue weighted by Gasteiger charge is -2.30. The molecular formula is C13H18F3N3. The summed E-state index contributed by atoms with van der Waals surface area (Å²) in [5, 5.41) is 3.28. The van der Waals surface area contributed by atoms with Crippen LogP contribution in [-0.4, -0.2) is 22.2 Å². The third kappa shape index (κ3) is 4.16. The summed E-state index contributed by atoms with van der Waals surface area (Å²) in [6.07, 6.45) is -0.731. The van der Waals surface area contributed by atoms with E-state index in [9.17, 15) is 13.2 Å². The van der Waals surface area contributed by atoms with E-state index in [-0.39, 0.29) is 18.9 Å². The Morgan fingerprint density at radius 1 is 1.26 bits per heavy atom. The zero-order valence-corrected chi connectivity index (χ0v) is 10.9. The summed E-state index contributed by atoms with van der Waals surface area (Å²) in [4.78, 5) is 8.27. The van der Waals surface area contributed by atoms with E-state index in [4.69, 9.17) is 0 Å². The van der Waals surface area contributed by atoms with Crippen molar-refractivity contribution in [1.29, 1.82) is 0 Å². The third-order valence-corrected chi connectivity index (χ3v) is 3.60. The third-order valence-electron chi connectivity index (χ3n) is 3.60. The molecule has 3 nitrogen and oxygen atoms in total. The number of aryl methyl sites for hydroxylation is 1. The van der Waals surface area contributed by atoms with Crippen LogP contribution in [0.5, 0.6) is 0 Å². The molecular weight excluding hydrogens is 255 g/mol. The van der Waals surface area contributed by atoms with Gasteiger partial charge in [0.15, 0.2) is 0 Å². The van der Waals surface area contributed by atoms with Crippen molar-refractivity contribution in [2.45, 2.75) is 51.4 Å². The molecule has 0 aliphatic heterocycles. The van der Waals surface area contributed by atoms with Gasteiger partial charge >= 0.3 is 6.18 Å². The molecule has 0 radical (unpaired) electrons. The van der Waals surface area contributed by atoms with Gasteiger partial charge in [-0.1, -0.05) is 0 Å². The fraction of sp³-hybridized carbons (Fsp3) is 0.692. The number of nitrogens with one attached hydrogen (secondary N) is 1. The maximum absolute atomic E-state index is 12.5. The second kappa shape index (κ2) is 5.86. The predicted octanol–water partition coefficient (Wildman–Crippen LogP) is 3.00. The second-order valence-corrected chi connectivity index (χ2v) is 5.07. The Kier molecular flexibility index (Phi) is 4.39. The minimum atomic E-state index is -4.03. The lowest BCUT2D eigenvalue weighted by atomic mass is 9.85. The lowest BCUT2D eigenvalue weighted by Crippen LogP contribution is -2.36. The van der Waals surface area contributed by atoms with Gasteiger partial charge in [-0.05, 0) is 38.7 Å². The van der Waals surface area contributed by atoms with Crippen LogP contribution in [0.4, 0.5) is 13.2 Å². The fourth-order valence-corrected chi connectivity index (χ4v) is 2.48. The highest BCUT2D eigenvalue weighted by Gasteiger charge is 2.41. The van der Waals surface area contributed by atoms with Crippen LogP contribution in [0, 0.1) is 12.8 Å². The first-order valence-corrected chi connectivity index (χ1v) is 6.54. The van der Waals surface area contributed by atoms with E-state index in [0.717, 1.165) is 5.69 Å². The average Bonchev–Trinajstić information content (AvgIpc) is 2.36. The molecule has 0 saturated heterocycles. The van der Waals surface area contributed by atoms with Crippen LogP contribution >= 0.6 is 0 Å². The Morgan fingerprint density at radius 2 is 1.95 bits per heavy atom. The Balaban J connectivity index is 1.77. The number of hydrogen-bond acceptors (Lipinski definition) is 3. The van der Waals surface area contributed by atoms with Gasteiger partial charge in [-0.3, -0.25) is 0 Å². The molecule has 1 aliphatic rings. The van der Waals surface area contributed by atoms with Gasteiger partial charge in [0.05, 0.1) is 11.6 Å². The van der Waals surface area contributed by atoms with Gasteiger partial charge in [0, 0.05) is 18.8 Å². The molecule has 1 aliphatic carbocycles. The standard InChI is InChI=1S/C13H18F3N3/c1-9-17-7-6-12(19-9)8-18-11-4-2-10(3-5-11)13(14,15)16/h6-7,10-11,18H,2-5,8H2,1H3. The first kappa shape index (κ1) is 14.2. The molecule has 1 aromatic rings. The van der Waals surface area contributed by atoms with Crippen molar-refractivity contribution in [1.82, 2.24) is 15.3 Å². The van der Waals surface area contributed by atoms with E-state index in [1.807, 2.05) is 13.0 Å². The summed E-state index contributed by atoms with van der Waals surface area (Å²) in [6.45, 7) is 2.41. The second-order valence-electron chi connectivity index (χ2n) is 5.07. The van der Waals surface area contributed by atoms with Crippen LogP contribution in [0.3, 0.4) is 0 Å². The molecule has 6 heteroatoms. The highest BCUT2D eigenvalue weighted by atomic mass is 19.4. The quantitative estimate of drug-likeness (QED) is 0.920. The van der Waals surface area contributed by atoms with Gasteiger partial charge in [-0.25, -0.2) is 9.97 Å². The maximum atomic E-state index is 12.5. The van der Waals surface area contributed by atoms with E-state index < -0.39 is 12.1 Å². The van der Waals surface area contributed by atoms with Crippen LogP contribution in [-0.2, 0) is 6.54 Å². The largest absolute Gasteiger partial charge is 0.391 e. The Bertz CT molecular complexity index is 412. The molecule has 0 bridgehead atoms.